The van der Waals surface area contributed by atoms with Crippen molar-refractivity contribution >= 4 is 55.0 Å². The van der Waals surface area contributed by atoms with Crippen LogP contribution in [0, 0.1) is 0 Å². The lowest BCUT2D eigenvalue weighted by Gasteiger charge is -2.03. The van der Waals surface area contributed by atoms with E-state index >= 15 is 0 Å². The van der Waals surface area contributed by atoms with E-state index in [1.807, 2.05) is 54.6 Å². The molecule has 0 saturated heterocycles. The van der Waals surface area contributed by atoms with Crippen molar-refractivity contribution in [2.75, 3.05) is 5.32 Å². The van der Waals surface area contributed by atoms with E-state index in [0.717, 1.165) is 21.0 Å². The number of amides is 1. The number of carbonyl (C=O) groups excluding carboxylic acids is 1. The lowest BCUT2D eigenvalue weighted by Crippen LogP contribution is -2.11. The number of hydrogen-bond acceptors (Lipinski definition) is 3. The molecule has 23 heavy (non-hydrogen) atoms. The molecule has 0 saturated carbocycles. The summed E-state index contributed by atoms with van der Waals surface area (Å²) in [5.74, 6) is -0.166. The zero-order valence-electron chi connectivity index (χ0n) is 11.9. The second kappa shape index (κ2) is 5.65. The van der Waals surface area contributed by atoms with Gasteiger partial charge in [-0.05, 0) is 41.1 Å². The van der Waals surface area contributed by atoms with Crippen molar-refractivity contribution in [3.63, 3.8) is 0 Å². The number of aromatic nitrogens is 1. The Morgan fingerprint density at radius 2 is 1.83 bits per heavy atom. The molecule has 112 valence electrons. The quantitative estimate of drug-likeness (QED) is 0.535. The van der Waals surface area contributed by atoms with Gasteiger partial charge >= 0.3 is 0 Å². The number of fused-ring (bicyclic) bond motifs is 2. The van der Waals surface area contributed by atoms with Gasteiger partial charge in [0.05, 0.1) is 10.2 Å². The first kappa shape index (κ1) is 14.2. The van der Waals surface area contributed by atoms with Crippen LogP contribution in [0.15, 0.2) is 60.7 Å². The predicted octanol–water partition coefficient (Wildman–Crippen LogP) is 5.36. The number of nitrogens with zero attached hydrogens (tertiary/aromatic N) is 1. The van der Waals surface area contributed by atoms with Crippen molar-refractivity contribution in [1.82, 2.24) is 4.98 Å². The van der Waals surface area contributed by atoms with Crippen LogP contribution < -0.4 is 5.32 Å². The van der Waals surface area contributed by atoms with Crippen LogP contribution in [0.2, 0.25) is 5.02 Å². The van der Waals surface area contributed by atoms with Crippen molar-refractivity contribution in [2.45, 2.75) is 0 Å². The van der Waals surface area contributed by atoms with Gasteiger partial charge in [0.1, 0.15) is 0 Å². The molecule has 1 amide bonds. The van der Waals surface area contributed by atoms with Crippen LogP contribution in [0.5, 0.6) is 0 Å². The average Bonchev–Trinajstić information content (AvgIpc) is 2.95. The van der Waals surface area contributed by atoms with Gasteiger partial charge in [0.15, 0.2) is 5.13 Å². The van der Waals surface area contributed by atoms with Gasteiger partial charge in [-0.2, -0.15) is 0 Å². The molecule has 0 atom stereocenters. The molecule has 1 aromatic heterocycles. The highest BCUT2D eigenvalue weighted by molar-refractivity contribution is 7.22. The lowest BCUT2D eigenvalue weighted by atomic mass is 10.1. The Hall–Kier alpha value is -2.43. The molecule has 4 aromatic rings. The van der Waals surface area contributed by atoms with Gasteiger partial charge in [0.2, 0.25) is 0 Å². The maximum Gasteiger partial charge on any atom is 0.257 e. The summed E-state index contributed by atoms with van der Waals surface area (Å²) < 4.78 is 0.950. The number of hydrogen-bond donors (Lipinski definition) is 1. The van der Waals surface area contributed by atoms with Crippen LogP contribution in [0.25, 0.3) is 21.0 Å². The Bertz CT molecular complexity index is 1040. The molecule has 0 aliphatic rings. The van der Waals surface area contributed by atoms with Crippen LogP contribution in [0.4, 0.5) is 5.13 Å². The van der Waals surface area contributed by atoms with Gasteiger partial charge in [-0.1, -0.05) is 53.3 Å². The predicted molar refractivity (Wildman–Crippen MR) is 96.5 cm³/mol. The molecule has 3 nitrogen and oxygen atoms in total. The Balaban J connectivity index is 1.64. The summed E-state index contributed by atoms with van der Waals surface area (Å²) in [6.07, 6.45) is 0. The largest absolute Gasteiger partial charge is 0.298 e. The SMILES string of the molecule is O=C(Nc1nc2ccc(Cl)cc2s1)c1ccc2ccccc2c1. The maximum absolute atomic E-state index is 12.4. The van der Waals surface area contributed by atoms with Crippen molar-refractivity contribution in [3.05, 3.63) is 71.2 Å². The van der Waals surface area contributed by atoms with Crippen molar-refractivity contribution in [3.8, 4) is 0 Å². The third-order valence-corrected chi connectivity index (χ3v) is 4.75. The Labute approximate surface area is 141 Å². The monoisotopic (exact) mass is 338 g/mol. The maximum atomic E-state index is 12.4. The van der Waals surface area contributed by atoms with E-state index < -0.39 is 0 Å². The molecule has 1 N–H and O–H groups in total. The summed E-state index contributed by atoms with van der Waals surface area (Å²) in [4.78, 5) is 16.8. The van der Waals surface area contributed by atoms with Crippen LogP contribution in [-0.2, 0) is 0 Å². The minimum atomic E-state index is -0.166. The average molecular weight is 339 g/mol. The van der Waals surface area contributed by atoms with E-state index in [0.29, 0.717) is 15.7 Å². The second-order valence-electron chi connectivity index (χ2n) is 5.15. The highest BCUT2D eigenvalue weighted by atomic mass is 35.5. The minimum absolute atomic E-state index is 0.166. The van der Waals surface area contributed by atoms with Crippen molar-refractivity contribution < 1.29 is 4.79 Å². The molecule has 0 radical (unpaired) electrons. The van der Waals surface area contributed by atoms with E-state index in [1.165, 1.54) is 11.3 Å². The summed E-state index contributed by atoms with van der Waals surface area (Å²) in [6.45, 7) is 0. The Morgan fingerprint density at radius 1 is 1.00 bits per heavy atom. The zero-order valence-corrected chi connectivity index (χ0v) is 13.5. The molecule has 5 heteroatoms. The van der Waals surface area contributed by atoms with Crippen LogP contribution >= 0.6 is 22.9 Å². The highest BCUT2D eigenvalue weighted by Crippen LogP contribution is 2.28. The molecule has 0 fully saturated rings. The number of halogens is 1. The molecule has 0 aliphatic heterocycles. The molecular weight excluding hydrogens is 328 g/mol. The minimum Gasteiger partial charge on any atom is -0.298 e. The third-order valence-electron chi connectivity index (χ3n) is 3.58. The molecule has 4 rings (SSSR count). The molecule has 0 aliphatic carbocycles. The molecule has 1 heterocycles. The molecule has 3 aromatic carbocycles. The summed E-state index contributed by atoms with van der Waals surface area (Å²) in [5.41, 5.74) is 1.44. The number of rotatable bonds is 2. The van der Waals surface area contributed by atoms with Crippen LogP contribution in [0.3, 0.4) is 0 Å². The number of thiazole rings is 1. The molecule has 0 unspecified atom stereocenters. The summed E-state index contributed by atoms with van der Waals surface area (Å²) in [5, 5.41) is 6.24. The van der Waals surface area contributed by atoms with Gasteiger partial charge in [0.25, 0.3) is 5.91 Å². The molecular formula is C18H11ClN2OS. The van der Waals surface area contributed by atoms with Gasteiger partial charge in [-0.15, -0.1) is 0 Å². The van der Waals surface area contributed by atoms with Gasteiger partial charge in [0, 0.05) is 10.6 Å². The summed E-state index contributed by atoms with van der Waals surface area (Å²) >= 11 is 7.39. The third kappa shape index (κ3) is 2.79. The normalized spacial score (nSPS) is 11.0. The fraction of sp³-hybridized carbons (Fsp3) is 0. The van der Waals surface area contributed by atoms with E-state index in [2.05, 4.69) is 10.3 Å². The first-order valence-corrected chi connectivity index (χ1v) is 8.25. The van der Waals surface area contributed by atoms with Crippen molar-refractivity contribution in [1.29, 1.82) is 0 Å². The first-order chi connectivity index (χ1) is 11.2. The Morgan fingerprint density at radius 3 is 2.70 bits per heavy atom. The van der Waals surface area contributed by atoms with Gasteiger partial charge < -0.3 is 0 Å². The smallest absolute Gasteiger partial charge is 0.257 e. The highest BCUT2D eigenvalue weighted by Gasteiger charge is 2.10. The van der Waals surface area contributed by atoms with Gasteiger partial charge in [-0.3, -0.25) is 10.1 Å². The van der Waals surface area contributed by atoms with E-state index in [-0.39, 0.29) is 5.91 Å². The fourth-order valence-electron chi connectivity index (χ4n) is 2.45. The van der Waals surface area contributed by atoms with Crippen molar-refractivity contribution in [2.24, 2.45) is 0 Å². The second-order valence-corrected chi connectivity index (χ2v) is 6.61. The Kier molecular flexibility index (Phi) is 3.48. The lowest BCUT2D eigenvalue weighted by molar-refractivity contribution is 0.102. The fourth-order valence-corrected chi connectivity index (χ4v) is 3.59. The zero-order chi connectivity index (χ0) is 15.8. The topological polar surface area (TPSA) is 42.0 Å². The van der Waals surface area contributed by atoms with Crippen LogP contribution in [-0.4, -0.2) is 10.9 Å². The molecule has 0 bridgehead atoms. The first-order valence-electron chi connectivity index (χ1n) is 7.05. The number of benzene rings is 3. The number of nitrogens with one attached hydrogen (secondary N) is 1. The standard InChI is InChI=1S/C18H11ClN2OS/c19-14-7-8-15-16(10-14)23-18(20-15)21-17(22)13-6-5-11-3-1-2-4-12(11)9-13/h1-10H,(H,20,21,22). The van der Waals surface area contributed by atoms with E-state index in [4.69, 9.17) is 11.6 Å². The number of anilines is 1. The summed E-state index contributed by atoms with van der Waals surface area (Å²) in [7, 11) is 0. The summed E-state index contributed by atoms with van der Waals surface area (Å²) in [6, 6.07) is 19.1. The van der Waals surface area contributed by atoms with Gasteiger partial charge in [-0.25, -0.2) is 4.98 Å². The molecule has 0 spiro atoms. The van der Waals surface area contributed by atoms with E-state index in [1.54, 1.807) is 6.07 Å². The van der Waals surface area contributed by atoms with Crippen LogP contribution in [0.1, 0.15) is 10.4 Å². The van der Waals surface area contributed by atoms with E-state index in [9.17, 15) is 4.79 Å². The number of carbonyl (C=O) groups is 1.